The van der Waals surface area contributed by atoms with E-state index in [1.807, 2.05) is 57.2 Å². The molecule has 8 nitrogen and oxygen atoms in total. The van der Waals surface area contributed by atoms with Gasteiger partial charge in [-0.15, -0.1) is 18.3 Å². The van der Waals surface area contributed by atoms with Gasteiger partial charge in [0.2, 0.25) is 0 Å². The smallest absolute Gasteiger partial charge is 0.406 e. The molecule has 37 heavy (non-hydrogen) atoms. The van der Waals surface area contributed by atoms with Gasteiger partial charge in [-0.2, -0.15) is 0 Å². The highest BCUT2D eigenvalue weighted by molar-refractivity contribution is 7.98. The Kier molecular flexibility index (Phi) is 7.77. The summed E-state index contributed by atoms with van der Waals surface area (Å²) in [6, 6.07) is 16.2. The van der Waals surface area contributed by atoms with Gasteiger partial charge >= 0.3 is 6.36 Å². The number of benzene rings is 2. The summed E-state index contributed by atoms with van der Waals surface area (Å²) in [7, 11) is 0. The van der Waals surface area contributed by atoms with Crippen LogP contribution in [0.3, 0.4) is 0 Å². The minimum atomic E-state index is -4.80. The van der Waals surface area contributed by atoms with Crippen molar-refractivity contribution >= 4 is 17.7 Å². The molecule has 0 aliphatic heterocycles. The molecule has 0 saturated carbocycles. The molecule has 2 heterocycles. The first-order chi connectivity index (χ1) is 17.6. The Morgan fingerprint density at radius 1 is 1.05 bits per heavy atom. The molecule has 0 radical (unpaired) electrons. The maximum atomic E-state index is 13.2. The molecule has 4 rings (SSSR count). The molecule has 1 N–H and O–H groups in total. The summed E-state index contributed by atoms with van der Waals surface area (Å²) in [4.78, 5) is 22.1. The van der Waals surface area contributed by atoms with Crippen molar-refractivity contribution in [2.45, 2.75) is 44.1 Å². The number of aryl methyl sites for hydroxylation is 2. The molecular formula is C25H23F3N6O2S. The van der Waals surface area contributed by atoms with Crippen LogP contribution in [0.25, 0.3) is 5.69 Å². The van der Waals surface area contributed by atoms with E-state index < -0.39 is 12.3 Å². The lowest BCUT2D eigenvalue weighted by molar-refractivity contribution is -0.274. The van der Waals surface area contributed by atoms with Gasteiger partial charge in [0.25, 0.3) is 5.91 Å². The second kappa shape index (κ2) is 11.0. The molecule has 1 unspecified atom stereocenters. The molecule has 2 aromatic carbocycles. The highest BCUT2D eigenvalue weighted by Gasteiger charge is 2.31. The number of thioether (sulfide) groups is 1. The minimum Gasteiger partial charge on any atom is -0.406 e. The van der Waals surface area contributed by atoms with Gasteiger partial charge in [0.1, 0.15) is 5.75 Å². The monoisotopic (exact) mass is 528 g/mol. The average molecular weight is 529 g/mol. The average Bonchev–Trinajstić information content (AvgIpc) is 3.26. The molecule has 4 aromatic rings. The molecule has 0 aliphatic rings. The molecule has 1 atom stereocenters. The van der Waals surface area contributed by atoms with Crippen molar-refractivity contribution in [1.29, 1.82) is 0 Å². The number of nitrogens with one attached hydrogen (secondary N) is 1. The predicted molar refractivity (Wildman–Crippen MR) is 131 cm³/mol. The van der Waals surface area contributed by atoms with Crippen molar-refractivity contribution in [2.75, 3.05) is 0 Å². The van der Waals surface area contributed by atoms with E-state index in [1.54, 1.807) is 0 Å². The summed E-state index contributed by atoms with van der Waals surface area (Å²) in [5.41, 5.74) is 3.47. The maximum Gasteiger partial charge on any atom is 0.573 e. The Hall–Kier alpha value is -3.93. The Morgan fingerprint density at radius 3 is 2.32 bits per heavy atom. The number of halogens is 3. The van der Waals surface area contributed by atoms with Crippen LogP contribution in [0.5, 0.6) is 5.75 Å². The van der Waals surface area contributed by atoms with Gasteiger partial charge < -0.3 is 10.1 Å². The molecule has 0 saturated heterocycles. The largest absolute Gasteiger partial charge is 0.573 e. The van der Waals surface area contributed by atoms with Crippen LogP contribution in [0.1, 0.15) is 46.1 Å². The molecule has 0 fully saturated rings. The first-order valence-electron chi connectivity index (χ1n) is 11.2. The molecule has 192 valence electrons. The van der Waals surface area contributed by atoms with Crippen molar-refractivity contribution in [3.05, 3.63) is 89.0 Å². The summed E-state index contributed by atoms with van der Waals surface area (Å²) in [6.07, 6.45) is -4.80. The zero-order valence-electron chi connectivity index (χ0n) is 20.2. The van der Waals surface area contributed by atoms with E-state index in [2.05, 4.69) is 30.3 Å². The van der Waals surface area contributed by atoms with Gasteiger partial charge in [-0.1, -0.05) is 47.3 Å². The van der Waals surface area contributed by atoms with Crippen molar-refractivity contribution in [3.63, 3.8) is 0 Å². The summed E-state index contributed by atoms with van der Waals surface area (Å²) in [5.74, 6) is -0.568. The highest BCUT2D eigenvalue weighted by atomic mass is 32.2. The Bertz CT molecular complexity index is 1360. The lowest BCUT2D eigenvalue weighted by Crippen LogP contribution is -2.28. The van der Waals surface area contributed by atoms with Gasteiger partial charge in [-0.25, -0.2) is 14.6 Å². The van der Waals surface area contributed by atoms with Crippen LogP contribution >= 0.6 is 11.8 Å². The summed E-state index contributed by atoms with van der Waals surface area (Å²) >= 11 is 1.30. The molecule has 12 heteroatoms. The Balaban J connectivity index is 1.64. The van der Waals surface area contributed by atoms with Crippen molar-refractivity contribution in [2.24, 2.45) is 0 Å². The number of carbonyl (C=O) groups excluding carboxylic acids is 1. The topological polar surface area (TPSA) is 94.8 Å². The van der Waals surface area contributed by atoms with Crippen LogP contribution in [0.15, 0.2) is 65.8 Å². The standard InChI is InChI=1S/C25H23F3N6O2S/c1-15-13-16(2)30-24(29-15)37-14-21-22(23(35)31-17(3)18-7-5-4-6-8-18)32-33-34(21)19-9-11-20(12-10-19)36-25(26,27)28/h4-13,17H,14H2,1-3H3,(H,31,35). The number of alkyl halides is 3. The van der Waals surface area contributed by atoms with E-state index in [9.17, 15) is 18.0 Å². The molecule has 1 amide bonds. The van der Waals surface area contributed by atoms with E-state index in [0.29, 0.717) is 16.5 Å². The van der Waals surface area contributed by atoms with E-state index >= 15 is 0 Å². The third-order valence-corrected chi connectivity index (χ3v) is 6.10. The number of hydrogen-bond acceptors (Lipinski definition) is 7. The van der Waals surface area contributed by atoms with E-state index in [4.69, 9.17) is 0 Å². The summed E-state index contributed by atoms with van der Waals surface area (Å²) < 4.78 is 43.0. The fourth-order valence-corrected chi connectivity index (χ4v) is 4.53. The van der Waals surface area contributed by atoms with Crippen LogP contribution in [0, 0.1) is 13.8 Å². The second-order valence-electron chi connectivity index (χ2n) is 8.17. The number of carbonyl (C=O) groups is 1. The fourth-order valence-electron chi connectivity index (χ4n) is 3.58. The summed E-state index contributed by atoms with van der Waals surface area (Å²) in [5, 5.41) is 11.7. The van der Waals surface area contributed by atoms with Crippen LogP contribution in [0.2, 0.25) is 0 Å². The number of amides is 1. The van der Waals surface area contributed by atoms with E-state index in [1.165, 1.54) is 40.7 Å². The van der Waals surface area contributed by atoms with Crippen molar-refractivity contribution in [1.82, 2.24) is 30.3 Å². The van der Waals surface area contributed by atoms with Crippen LogP contribution in [0.4, 0.5) is 13.2 Å². The van der Waals surface area contributed by atoms with Crippen LogP contribution in [-0.2, 0) is 5.75 Å². The quantitative estimate of drug-likeness (QED) is 0.243. The van der Waals surface area contributed by atoms with Crippen LogP contribution < -0.4 is 10.1 Å². The molecule has 2 aromatic heterocycles. The van der Waals surface area contributed by atoms with Gasteiger partial charge in [0.05, 0.1) is 17.4 Å². The first kappa shape index (κ1) is 26.1. The normalized spacial score (nSPS) is 12.3. The van der Waals surface area contributed by atoms with Gasteiger partial charge in [-0.3, -0.25) is 4.79 Å². The lowest BCUT2D eigenvalue weighted by atomic mass is 10.1. The Labute approximate surface area is 215 Å². The first-order valence-corrected chi connectivity index (χ1v) is 12.2. The molecular weight excluding hydrogens is 505 g/mol. The number of rotatable bonds is 8. The predicted octanol–water partition coefficient (Wildman–Crippen LogP) is 5.36. The molecule has 0 spiro atoms. The van der Waals surface area contributed by atoms with Crippen LogP contribution in [-0.4, -0.2) is 37.2 Å². The summed E-state index contributed by atoms with van der Waals surface area (Å²) in [6.45, 7) is 5.58. The zero-order chi connectivity index (χ0) is 26.6. The lowest BCUT2D eigenvalue weighted by Gasteiger charge is -2.14. The number of aromatic nitrogens is 5. The third kappa shape index (κ3) is 6.85. The van der Waals surface area contributed by atoms with Gasteiger partial charge in [0.15, 0.2) is 10.9 Å². The van der Waals surface area contributed by atoms with Crippen molar-refractivity contribution < 1.29 is 22.7 Å². The zero-order valence-corrected chi connectivity index (χ0v) is 21.0. The number of nitrogens with zero attached hydrogens (tertiary/aromatic N) is 5. The minimum absolute atomic E-state index is 0.0928. The second-order valence-corrected chi connectivity index (χ2v) is 9.11. The third-order valence-electron chi connectivity index (χ3n) is 5.24. The Morgan fingerprint density at radius 2 is 1.70 bits per heavy atom. The highest BCUT2D eigenvalue weighted by Crippen LogP contribution is 2.27. The van der Waals surface area contributed by atoms with Crippen molar-refractivity contribution in [3.8, 4) is 11.4 Å². The molecule has 0 bridgehead atoms. The number of hydrogen-bond donors (Lipinski definition) is 1. The maximum absolute atomic E-state index is 13.2. The van der Waals surface area contributed by atoms with Gasteiger partial charge in [0, 0.05) is 17.1 Å². The fraction of sp³-hybridized carbons (Fsp3) is 0.240. The van der Waals surface area contributed by atoms with E-state index in [0.717, 1.165) is 17.0 Å². The SMILES string of the molecule is Cc1cc(C)nc(SCc2c(C(=O)NC(C)c3ccccc3)nnn2-c2ccc(OC(F)(F)F)cc2)n1. The van der Waals surface area contributed by atoms with E-state index in [-0.39, 0.29) is 23.2 Å². The number of ether oxygens (including phenoxy) is 1. The van der Waals surface area contributed by atoms with Gasteiger partial charge in [-0.05, 0) is 56.7 Å². The molecule has 0 aliphatic carbocycles.